The molecule has 3 heterocycles. The summed E-state index contributed by atoms with van der Waals surface area (Å²) < 4.78 is 8.13. The first-order valence-electron chi connectivity index (χ1n) is 13.1. The maximum Gasteiger partial charge on any atom is 0.271 e. The van der Waals surface area contributed by atoms with E-state index in [2.05, 4.69) is 5.32 Å². The number of nitrogens with zero attached hydrogens (tertiary/aromatic N) is 2. The summed E-state index contributed by atoms with van der Waals surface area (Å²) in [5.74, 6) is 0.210. The minimum Gasteiger partial charge on any atom is -0.488 e. The number of nitrogens with one attached hydrogen (secondary N) is 1. The molecule has 1 aliphatic rings. The smallest absolute Gasteiger partial charge is 0.271 e. The molecule has 1 N–H and O–H groups in total. The van der Waals surface area contributed by atoms with Gasteiger partial charge in [-0.3, -0.25) is 14.2 Å². The van der Waals surface area contributed by atoms with E-state index in [0.29, 0.717) is 52.7 Å². The summed E-state index contributed by atoms with van der Waals surface area (Å²) in [6.07, 6.45) is 1.74. The molecule has 11 heteroatoms. The number of para-hydroxylation sites is 1. The summed E-state index contributed by atoms with van der Waals surface area (Å²) in [6, 6.07) is 22.8. The van der Waals surface area contributed by atoms with Gasteiger partial charge in [0.05, 0.1) is 15.8 Å². The lowest BCUT2D eigenvalue weighted by Gasteiger charge is -2.24. The maximum atomic E-state index is 14.0. The lowest BCUT2D eigenvalue weighted by molar-refractivity contribution is -0.113. The van der Waals surface area contributed by atoms with Gasteiger partial charge in [0.1, 0.15) is 18.4 Å². The molecule has 1 aliphatic heterocycles. The quantitative estimate of drug-likeness (QED) is 0.196. The van der Waals surface area contributed by atoms with Crippen molar-refractivity contribution in [3.8, 4) is 5.75 Å². The third kappa shape index (κ3) is 6.20. The number of ether oxygens (including phenoxy) is 1. The van der Waals surface area contributed by atoms with Crippen LogP contribution in [0.25, 0.3) is 6.08 Å². The average Bonchev–Trinajstić information content (AvgIpc) is 3.62. The van der Waals surface area contributed by atoms with Crippen LogP contribution in [0.2, 0.25) is 15.1 Å². The predicted molar refractivity (Wildman–Crippen MR) is 175 cm³/mol. The zero-order chi connectivity index (χ0) is 30.1. The Hall–Kier alpha value is -3.66. The molecule has 0 saturated carbocycles. The number of benzene rings is 3. The number of fused-ring (bicyclic) bond motifs is 1. The number of carbonyl (C=O) groups excluding carboxylic acids is 1. The van der Waals surface area contributed by atoms with E-state index in [4.69, 9.17) is 44.5 Å². The van der Waals surface area contributed by atoms with Gasteiger partial charge in [-0.25, -0.2) is 4.99 Å². The minimum absolute atomic E-state index is 0.192. The minimum atomic E-state index is -0.635. The molecule has 43 heavy (non-hydrogen) atoms. The molecule has 1 atom stereocenters. The van der Waals surface area contributed by atoms with Gasteiger partial charge in [0, 0.05) is 36.8 Å². The summed E-state index contributed by atoms with van der Waals surface area (Å²) in [5, 5.41) is 6.40. The molecule has 0 unspecified atom stereocenters. The number of halogens is 3. The van der Waals surface area contributed by atoms with E-state index in [0.717, 1.165) is 10.4 Å². The lowest BCUT2D eigenvalue weighted by atomic mass is 10.0. The van der Waals surface area contributed by atoms with Crippen LogP contribution in [0, 0.1) is 0 Å². The second kappa shape index (κ2) is 12.5. The molecule has 1 amide bonds. The van der Waals surface area contributed by atoms with Crippen LogP contribution in [0.3, 0.4) is 0 Å². The van der Waals surface area contributed by atoms with Gasteiger partial charge in [-0.05, 0) is 66.9 Å². The Labute approximate surface area is 269 Å². The maximum absolute atomic E-state index is 14.0. The average molecular weight is 667 g/mol. The van der Waals surface area contributed by atoms with Crippen molar-refractivity contribution in [2.75, 3.05) is 5.32 Å². The van der Waals surface area contributed by atoms with Crippen LogP contribution in [0.5, 0.6) is 5.75 Å². The van der Waals surface area contributed by atoms with E-state index in [-0.39, 0.29) is 18.1 Å². The van der Waals surface area contributed by atoms with Crippen molar-refractivity contribution in [1.82, 2.24) is 4.57 Å². The molecule has 0 radical (unpaired) electrons. The summed E-state index contributed by atoms with van der Waals surface area (Å²) in [4.78, 5) is 33.7. The standard InChI is InChI=1S/C32H22Cl3N3O3S2/c1-18-28(30(39)37-23-6-3-2-4-7-23)29(26-8-5-13-42-26)38-31(40)27(43-32(38)36-18)15-20-14-21(33)11-12-25(20)41-17-19-9-10-22(34)16-24(19)35/h2-16,29H,17H2,1H3,(H,37,39)/b27-15-/t29-/m0/s1. The highest BCUT2D eigenvalue weighted by molar-refractivity contribution is 7.10. The third-order valence-electron chi connectivity index (χ3n) is 6.77. The van der Waals surface area contributed by atoms with E-state index >= 15 is 0 Å². The molecule has 6 nitrogen and oxygen atoms in total. The number of rotatable bonds is 7. The van der Waals surface area contributed by atoms with Crippen LogP contribution in [-0.4, -0.2) is 10.5 Å². The molecule has 0 saturated heterocycles. The second-order valence-electron chi connectivity index (χ2n) is 9.62. The van der Waals surface area contributed by atoms with Gasteiger partial charge >= 0.3 is 0 Å². The van der Waals surface area contributed by atoms with Crippen molar-refractivity contribution >= 4 is 75.1 Å². The molecule has 0 bridgehead atoms. The van der Waals surface area contributed by atoms with Crippen LogP contribution in [0.1, 0.15) is 29.0 Å². The van der Waals surface area contributed by atoms with Crippen molar-refractivity contribution < 1.29 is 9.53 Å². The van der Waals surface area contributed by atoms with Crippen LogP contribution in [-0.2, 0) is 11.4 Å². The van der Waals surface area contributed by atoms with E-state index in [1.54, 1.807) is 54.0 Å². The molecular weight excluding hydrogens is 645 g/mol. The topological polar surface area (TPSA) is 72.7 Å². The van der Waals surface area contributed by atoms with Gasteiger partial charge in [0.2, 0.25) is 0 Å². The van der Waals surface area contributed by atoms with Crippen LogP contribution in [0.4, 0.5) is 5.69 Å². The lowest BCUT2D eigenvalue weighted by Crippen LogP contribution is -2.40. The fourth-order valence-electron chi connectivity index (χ4n) is 4.75. The van der Waals surface area contributed by atoms with E-state index in [9.17, 15) is 9.59 Å². The molecule has 2 aromatic heterocycles. The van der Waals surface area contributed by atoms with Crippen LogP contribution >= 0.6 is 57.5 Å². The number of carbonyl (C=O) groups is 1. The van der Waals surface area contributed by atoms with Crippen LogP contribution < -0.4 is 24.9 Å². The Bertz CT molecular complexity index is 2050. The fraction of sp³-hybridized carbons (Fsp3) is 0.0938. The van der Waals surface area contributed by atoms with Gasteiger partial charge in [0.25, 0.3) is 11.5 Å². The molecule has 216 valence electrons. The number of aromatic nitrogens is 1. The van der Waals surface area contributed by atoms with Crippen molar-refractivity contribution in [2.24, 2.45) is 4.99 Å². The zero-order valence-electron chi connectivity index (χ0n) is 22.5. The first-order valence-corrected chi connectivity index (χ1v) is 15.9. The highest BCUT2D eigenvalue weighted by atomic mass is 35.5. The first kappa shape index (κ1) is 29.4. The SMILES string of the molecule is CC1=C(C(=O)Nc2ccccc2)[C@H](c2cccs2)n2c(s/c(=C\c3cc(Cl)ccc3OCc3ccc(Cl)cc3Cl)c2=O)=N1. The first-order chi connectivity index (χ1) is 20.8. The van der Waals surface area contributed by atoms with Crippen LogP contribution in [0.15, 0.2) is 105 Å². The van der Waals surface area contributed by atoms with Gasteiger partial charge in [-0.2, -0.15) is 0 Å². The van der Waals surface area contributed by atoms with Gasteiger partial charge in [-0.1, -0.05) is 76.5 Å². The monoisotopic (exact) mass is 665 g/mol. The Morgan fingerprint density at radius 2 is 1.79 bits per heavy atom. The molecule has 6 rings (SSSR count). The second-order valence-corrected chi connectivity index (χ2v) is 12.9. The molecule has 0 aliphatic carbocycles. The molecule has 0 spiro atoms. The van der Waals surface area contributed by atoms with Crippen molar-refractivity contribution in [2.45, 2.75) is 19.6 Å². The van der Waals surface area contributed by atoms with Gasteiger partial charge in [-0.15, -0.1) is 11.3 Å². The Balaban J connectivity index is 1.41. The normalized spacial score (nSPS) is 14.8. The van der Waals surface area contributed by atoms with E-state index in [1.165, 1.54) is 22.7 Å². The molecule has 0 fully saturated rings. The van der Waals surface area contributed by atoms with Gasteiger partial charge in [0.15, 0.2) is 4.80 Å². The van der Waals surface area contributed by atoms with Gasteiger partial charge < -0.3 is 10.1 Å². The van der Waals surface area contributed by atoms with Crippen molar-refractivity contribution in [3.05, 3.63) is 146 Å². The predicted octanol–water partition coefficient (Wildman–Crippen LogP) is 7.47. The number of hydrogen-bond donors (Lipinski definition) is 1. The third-order valence-corrected chi connectivity index (χ3v) is 9.50. The summed E-state index contributed by atoms with van der Waals surface area (Å²) >= 11 is 21.4. The van der Waals surface area contributed by atoms with E-state index < -0.39 is 6.04 Å². The highest BCUT2D eigenvalue weighted by Gasteiger charge is 2.33. The van der Waals surface area contributed by atoms with E-state index in [1.807, 2.05) is 47.8 Å². The fourth-order valence-corrected chi connectivity index (χ4v) is 7.25. The molecule has 3 aromatic carbocycles. The Kier molecular flexibility index (Phi) is 8.56. The number of thiazole rings is 1. The number of anilines is 1. The highest BCUT2D eigenvalue weighted by Crippen LogP contribution is 2.33. The Morgan fingerprint density at radius 1 is 1.02 bits per heavy atom. The summed E-state index contributed by atoms with van der Waals surface area (Å²) in [7, 11) is 0. The molecular formula is C32H22Cl3N3O3S2. The Morgan fingerprint density at radius 3 is 2.53 bits per heavy atom. The summed E-state index contributed by atoms with van der Waals surface area (Å²) in [6.45, 7) is 1.99. The number of allylic oxidation sites excluding steroid dienone is 1. The van der Waals surface area contributed by atoms with Crippen molar-refractivity contribution in [3.63, 3.8) is 0 Å². The number of thiophene rings is 1. The van der Waals surface area contributed by atoms with Crippen molar-refractivity contribution in [1.29, 1.82) is 0 Å². The molecule has 5 aromatic rings. The largest absolute Gasteiger partial charge is 0.488 e. The summed E-state index contributed by atoms with van der Waals surface area (Å²) in [5.41, 5.74) is 2.73. The zero-order valence-corrected chi connectivity index (χ0v) is 26.4. The number of hydrogen-bond acceptors (Lipinski definition) is 6. The number of amides is 1.